The number of benzene rings is 1. The van der Waals surface area contributed by atoms with Crippen molar-refractivity contribution in [3.05, 3.63) is 46.1 Å². The predicted molar refractivity (Wildman–Crippen MR) is 75.4 cm³/mol. The van der Waals surface area contributed by atoms with Gasteiger partial charge in [-0.1, -0.05) is 29.3 Å². The Morgan fingerprint density at radius 3 is 2.58 bits per heavy atom. The van der Waals surface area contributed by atoms with Gasteiger partial charge in [0.1, 0.15) is 5.82 Å². The highest BCUT2D eigenvalue weighted by Crippen LogP contribution is 2.29. The van der Waals surface area contributed by atoms with Crippen LogP contribution in [0.2, 0.25) is 10.0 Å². The van der Waals surface area contributed by atoms with Crippen molar-refractivity contribution >= 4 is 35.0 Å². The quantitative estimate of drug-likeness (QED) is 0.911. The van der Waals surface area contributed by atoms with E-state index in [0.717, 1.165) is 11.1 Å². The van der Waals surface area contributed by atoms with E-state index in [9.17, 15) is 4.79 Å². The Morgan fingerprint density at radius 2 is 1.95 bits per heavy atom. The zero-order valence-electron chi connectivity index (χ0n) is 9.73. The van der Waals surface area contributed by atoms with Crippen LogP contribution in [0.3, 0.4) is 0 Å². The molecule has 0 atom stereocenters. The number of anilines is 1. The number of pyridine rings is 1. The van der Waals surface area contributed by atoms with Crippen LogP contribution >= 0.6 is 23.2 Å². The summed E-state index contributed by atoms with van der Waals surface area (Å²) in [4.78, 5) is 14.7. The van der Waals surface area contributed by atoms with Crippen LogP contribution in [0.4, 0.5) is 5.82 Å². The number of carboxylic acids is 1. The molecule has 0 unspecified atom stereocenters. The largest absolute Gasteiger partial charge is 0.481 e. The van der Waals surface area contributed by atoms with Gasteiger partial charge in [-0.05, 0) is 23.8 Å². The van der Waals surface area contributed by atoms with E-state index in [1.165, 1.54) is 0 Å². The summed E-state index contributed by atoms with van der Waals surface area (Å²) >= 11 is 11.8. The second kappa shape index (κ2) is 5.47. The molecule has 0 aliphatic carbocycles. The molecule has 0 fully saturated rings. The molecule has 3 N–H and O–H groups in total. The minimum absolute atomic E-state index is 0.173. The molecule has 0 saturated heterocycles. The van der Waals surface area contributed by atoms with Crippen molar-refractivity contribution in [3.8, 4) is 11.1 Å². The molecule has 0 aliphatic rings. The maximum atomic E-state index is 10.7. The number of nitrogen functional groups attached to an aromatic ring is 1. The monoisotopic (exact) mass is 296 g/mol. The number of aliphatic carboxylic acids is 1. The molecule has 1 aromatic heterocycles. The van der Waals surface area contributed by atoms with E-state index in [1.54, 1.807) is 30.5 Å². The molecule has 0 aliphatic heterocycles. The summed E-state index contributed by atoms with van der Waals surface area (Å²) in [5.41, 5.74) is 7.66. The van der Waals surface area contributed by atoms with Gasteiger partial charge in [0, 0.05) is 17.3 Å². The van der Waals surface area contributed by atoms with E-state index < -0.39 is 5.97 Å². The number of nitrogens with zero attached hydrogens (tertiary/aromatic N) is 1. The predicted octanol–water partition coefficient (Wildman–Crippen LogP) is 3.26. The summed E-state index contributed by atoms with van der Waals surface area (Å²) in [7, 11) is 0. The Bertz CT molecular complexity index is 645. The topological polar surface area (TPSA) is 76.2 Å². The fraction of sp³-hybridized carbons (Fsp3) is 0.0769. The van der Waals surface area contributed by atoms with Crippen LogP contribution in [0.1, 0.15) is 5.56 Å². The standard InChI is InChI=1S/C13H10Cl2N2O2/c14-10-2-1-7(4-11(10)15)9-3-8(5-12(18)19)13(16)17-6-9/h1-4,6H,5H2,(H2,16,17)(H,18,19). The number of nitrogens with two attached hydrogens (primary N) is 1. The normalized spacial score (nSPS) is 10.4. The van der Waals surface area contributed by atoms with Crippen molar-refractivity contribution in [1.82, 2.24) is 4.98 Å². The Balaban J connectivity index is 2.44. The fourth-order valence-corrected chi connectivity index (χ4v) is 1.96. The van der Waals surface area contributed by atoms with Crippen LogP contribution in [0.25, 0.3) is 11.1 Å². The molecule has 2 rings (SSSR count). The third-order valence-electron chi connectivity index (χ3n) is 2.60. The molecule has 2 aromatic rings. The summed E-state index contributed by atoms with van der Waals surface area (Å²) in [6.45, 7) is 0. The van der Waals surface area contributed by atoms with Crippen molar-refractivity contribution in [3.63, 3.8) is 0 Å². The molecule has 0 radical (unpaired) electrons. The second-order valence-corrected chi connectivity index (χ2v) is 4.78. The molecule has 1 aromatic carbocycles. The molecule has 0 bridgehead atoms. The van der Waals surface area contributed by atoms with Crippen molar-refractivity contribution < 1.29 is 9.90 Å². The van der Waals surface area contributed by atoms with Gasteiger partial charge in [-0.2, -0.15) is 0 Å². The zero-order valence-corrected chi connectivity index (χ0v) is 11.2. The van der Waals surface area contributed by atoms with Crippen molar-refractivity contribution in [1.29, 1.82) is 0 Å². The number of hydrogen-bond acceptors (Lipinski definition) is 3. The Labute approximate surface area is 119 Å². The van der Waals surface area contributed by atoms with Crippen LogP contribution in [0.15, 0.2) is 30.5 Å². The molecule has 6 heteroatoms. The van der Waals surface area contributed by atoms with Crippen LogP contribution in [-0.2, 0) is 11.2 Å². The summed E-state index contributed by atoms with van der Waals surface area (Å²) in [6.07, 6.45) is 1.40. The van der Waals surface area contributed by atoms with Crippen LogP contribution in [0.5, 0.6) is 0 Å². The highest BCUT2D eigenvalue weighted by Gasteiger charge is 2.09. The third kappa shape index (κ3) is 3.16. The molecule has 0 amide bonds. The van der Waals surface area contributed by atoms with Crippen LogP contribution in [-0.4, -0.2) is 16.1 Å². The number of carbonyl (C=O) groups is 1. The average Bonchev–Trinajstić information content (AvgIpc) is 2.35. The molecule has 19 heavy (non-hydrogen) atoms. The lowest BCUT2D eigenvalue weighted by Crippen LogP contribution is -2.05. The lowest BCUT2D eigenvalue weighted by molar-refractivity contribution is -0.136. The molecule has 0 spiro atoms. The maximum absolute atomic E-state index is 10.7. The molecule has 98 valence electrons. The first-order valence-corrected chi connectivity index (χ1v) is 6.14. The summed E-state index contributed by atoms with van der Waals surface area (Å²) < 4.78 is 0. The maximum Gasteiger partial charge on any atom is 0.307 e. The number of rotatable bonds is 3. The van der Waals surface area contributed by atoms with Gasteiger partial charge in [0.15, 0.2) is 0 Å². The molecular weight excluding hydrogens is 287 g/mol. The lowest BCUT2D eigenvalue weighted by Gasteiger charge is -2.07. The van der Waals surface area contributed by atoms with Gasteiger partial charge in [0.2, 0.25) is 0 Å². The Kier molecular flexibility index (Phi) is 3.93. The van der Waals surface area contributed by atoms with E-state index >= 15 is 0 Å². The van der Waals surface area contributed by atoms with Gasteiger partial charge in [-0.3, -0.25) is 4.79 Å². The zero-order chi connectivity index (χ0) is 14.0. The third-order valence-corrected chi connectivity index (χ3v) is 3.34. The Morgan fingerprint density at radius 1 is 1.21 bits per heavy atom. The lowest BCUT2D eigenvalue weighted by atomic mass is 10.0. The number of halogens is 2. The number of aromatic nitrogens is 1. The molecule has 4 nitrogen and oxygen atoms in total. The number of hydrogen-bond donors (Lipinski definition) is 2. The van der Waals surface area contributed by atoms with E-state index in [-0.39, 0.29) is 12.2 Å². The van der Waals surface area contributed by atoms with Gasteiger partial charge in [-0.15, -0.1) is 0 Å². The SMILES string of the molecule is Nc1ncc(-c2ccc(Cl)c(Cl)c2)cc1CC(=O)O. The summed E-state index contributed by atoms with van der Waals surface area (Å²) in [6, 6.07) is 6.84. The van der Waals surface area contributed by atoms with E-state index in [1.807, 2.05) is 0 Å². The first kappa shape index (κ1) is 13.6. The second-order valence-electron chi connectivity index (χ2n) is 3.97. The average molecular weight is 297 g/mol. The van der Waals surface area contributed by atoms with Gasteiger partial charge >= 0.3 is 5.97 Å². The Hall–Kier alpha value is -1.78. The minimum Gasteiger partial charge on any atom is -0.481 e. The van der Waals surface area contributed by atoms with E-state index in [0.29, 0.717) is 15.6 Å². The smallest absolute Gasteiger partial charge is 0.307 e. The highest BCUT2D eigenvalue weighted by molar-refractivity contribution is 6.42. The molecule has 0 saturated carbocycles. The van der Waals surface area contributed by atoms with Crippen molar-refractivity contribution in [2.75, 3.05) is 5.73 Å². The highest BCUT2D eigenvalue weighted by atomic mass is 35.5. The summed E-state index contributed by atoms with van der Waals surface area (Å²) in [5, 5.41) is 9.70. The van der Waals surface area contributed by atoms with Gasteiger partial charge in [0.25, 0.3) is 0 Å². The first-order valence-electron chi connectivity index (χ1n) is 5.39. The van der Waals surface area contributed by atoms with Crippen LogP contribution in [0, 0.1) is 0 Å². The first-order chi connectivity index (χ1) is 8.97. The number of carboxylic acid groups (broad SMARTS) is 1. The van der Waals surface area contributed by atoms with E-state index in [4.69, 9.17) is 34.0 Å². The minimum atomic E-state index is -0.959. The fourth-order valence-electron chi connectivity index (χ4n) is 1.66. The molecular formula is C13H10Cl2N2O2. The van der Waals surface area contributed by atoms with Gasteiger partial charge in [0.05, 0.1) is 16.5 Å². The van der Waals surface area contributed by atoms with Crippen molar-refractivity contribution in [2.45, 2.75) is 6.42 Å². The van der Waals surface area contributed by atoms with E-state index in [2.05, 4.69) is 4.98 Å². The van der Waals surface area contributed by atoms with Crippen LogP contribution < -0.4 is 5.73 Å². The molecule has 1 heterocycles. The van der Waals surface area contributed by atoms with Crippen molar-refractivity contribution in [2.24, 2.45) is 0 Å². The van der Waals surface area contributed by atoms with Gasteiger partial charge in [-0.25, -0.2) is 4.98 Å². The summed E-state index contributed by atoms with van der Waals surface area (Å²) in [5.74, 6) is -0.744. The van der Waals surface area contributed by atoms with Gasteiger partial charge < -0.3 is 10.8 Å².